The minimum Gasteiger partial charge on any atom is -0.478 e. The summed E-state index contributed by atoms with van der Waals surface area (Å²) in [5.41, 5.74) is 5.74. The van der Waals surface area contributed by atoms with Crippen LogP contribution in [-0.2, 0) is 4.79 Å². The lowest BCUT2D eigenvalue weighted by molar-refractivity contribution is -0.127. The topological polar surface area (TPSA) is 64.3 Å². The Morgan fingerprint density at radius 1 is 1.44 bits per heavy atom. The van der Waals surface area contributed by atoms with Gasteiger partial charge in [0.2, 0.25) is 0 Å². The van der Waals surface area contributed by atoms with Gasteiger partial charge in [0.1, 0.15) is 0 Å². The number of nitrogen functional groups attached to an aromatic ring is 1. The van der Waals surface area contributed by atoms with E-state index < -0.39 is 11.9 Å². The largest absolute Gasteiger partial charge is 0.478 e. The first-order chi connectivity index (χ1) is 8.40. The van der Waals surface area contributed by atoms with Gasteiger partial charge in [0.25, 0.3) is 5.91 Å². The molecule has 0 saturated carbocycles. The van der Waals surface area contributed by atoms with E-state index in [-0.39, 0.29) is 11.7 Å². The number of benzene rings is 1. The zero-order chi connectivity index (χ0) is 13.7. The molecule has 1 unspecified atom stereocenters. The molecule has 0 saturated heterocycles. The lowest BCUT2D eigenvalue weighted by Gasteiger charge is -2.16. The number of nitrogens with one attached hydrogen (secondary N) is 1. The van der Waals surface area contributed by atoms with Crippen molar-refractivity contribution >= 4 is 11.6 Å². The van der Waals surface area contributed by atoms with Crippen LogP contribution in [0.3, 0.4) is 0 Å². The van der Waals surface area contributed by atoms with Crippen molar-refractivity contribution in [2.24, 2.45) is 5.92 Å². The van der Waals surface area contributed by atoms with Gasteiger partial charge in [0.15, 0.2) is 17.7 Å². The standard InChI is InChI=1S/C13H19FN2O2/c1-8(2)7-16-13(17)9(3)18-12-5-4-10(15)6-11(12)14/h4-6,8-9H,7,15H2,1-3H3,(H,16,17). The fourth-order valence-corrected chi connectivity index (χ4v) is 1.31. The highest BCUT2D eigenvalue weighted by atomic mass is 19.1. The van der Waals surface area contributed by atoms with Gasteiger partial charge in [-0.3, -0.25) is 4.79 Å². The summed E-state index contributed by atoms with van der Waals surface area (Å²) >= 11 is 0. The Bertz CT molecular complexity index is 421. The summed E-state index contributed by atoms with van der Waals surface area (Å²) in [4.78, 5) is 11.6. The van der Waals surface area contributed by atoms with Gasteiger partial charge in [-0.05, 0) is 25.0 Å². The number of carbonyl (C=O) groups excluding carboxylic acids is 1. The molecule has 0 spiro atoms. The summed E-state index contributed by atoms with van der Waals surface area (Å²) in [6, 6.07) is 4.10. The number of anilines is 1. The van der Waals surface area contributed by atoms with E-state index in [0.29, 0.717) is 18.2 Å². The third-order valence-corrected chi connectivity index (χ3v) is 2.31. The van der Waals surface area contributed by atoms with E-state index in [1.807, 2.05) is 13.8 Å². The van der Waals surface area contributed by atoms with Crippen molar-refractivity contribution in [3.05, 3.63) is 24.0 Å². The van der Waals surface area contributed by atoms with E-state index in [1.54, 1.807) is 6.92 Å². The molecular formula is C13H19FN2O2. The average molecular weight is 254 g/mol. The van der Waals surface area contributed by atoms with Gasteiger partial charge in [-0.2, -0.15) is 0 Å². The normalized spacial score (nSPS) is 12.3. The van der Waals surface area contributed by atoms with Crippen molar-refractivity contribution in [2.45, 2.75) is 26.9 Å². The van der Waals surface area contributed by atoms with Crippen LogP contribution >= 0.6 is 0 Å². The fourth-order valence-electron chi connectivity index (χ4n) is 1.31. The number of amides is 1. The van der Waals surface area contributed by atoms with Crippen LogP contribution in [0.4, 0.5) is 10.1 Å². The van der Waals surface area contributed by atoms with Crippen LogP contribution in [0.15, 0.2) is 18.2 Å². The molecule has 3 N–H and O–H groups in total. The van der Waals surface area contributed by atoms with E-state index in [0.717, 1.165) is 6.07 Å². The van der Waals surface area contributed by atoms with E-state index in [2.05, 4.69) is 5.32 Å². The molecule has 1 atom stereocenters. The molecule has 1 rings (SSSR count). The second kappa shape index (κ2) is 6.23. The third kappa shape index (κ3) is 4.24. The summed E-state index contributed by atoms with van der Waals surface area (Å²) < 4.78 is 18.7. The Hall–Kier alpha value is -1.78. The predicted molar refractivity (Wildman–Crippen MR) is 68.8 cm³/mol. The van der Waals surface area contributed by atoms with Gasteiger partial charge in [-0.25, -0.2) is 4.39 Å². The maximum atomic E-state index is 13.5. The molecule has 0 aromatic heterocycles. The fraction of sp³-hybridized carbons (Fsp3) is 0.462. The van der Waals surface area contributed by atoms with Crippen molar-refractivity contribution in [2.75, 3.05) is 12.3 Å². The minimum absolute atomic E-state index is 0.0244. The first-order valence-corrected chi connectivity index (χ1v) is 5.89. The molecule has 1 amide bonds. The van der Waals surface area contributed by atoms with Crippen molar-refractivity contribution < 1.29 is 13.9 Å². The van der Waals surface area contributed by atoms with Gasteiger partial charge >= 0.3 is 0 Å². The number of halogens is 1. The highest BCUT2D eigenvalue weighted by Crippen LogP contribution is 2.20. The quantitative estimate of drug-likeness (QED) is 0.789. The molecule has 0 aliphatic carbocycles. The lowest BCUT2D eigenvalue weighted by Crippen LogP contribution is -2.38. The van der Waals surface area contributed by atoms with Crippen molar-refractivity contribution in [3.63, 3.8) is 0 Å². The Balaban J connectivity index is 2.58. The van der Waals surface area contributed by atoms with E-state index in [1.165, 1.54) is 12.1 Å². The first kappa shape index (κ1) is 14.3. The second-order valence-corrected chi connectivity index (χ2v) is 4.59. The summed E-state index contributed by atoms with van der Waals surface area (Å²) in [7, 11) is 0. The van der Waals surface area contributed by atoms with E-state index in [4.69, 9.17) is 10.5 Å². The average Bonchev–Trinajstić information content (AvgIpc) is 2.29. The zero-order valence-corrected chi connectivity index (χ0v) is 10.9. The van der Waals surface area contributed by atoms with Crippen molar-refractivity contribution in [3.8, 4) is 5.75 Å². The number of ether oxygens (including phenoxy) is 1. The number of hydrogen-bond acceptors (Lipinski definition) is 3. The Morgan fingerprint density at radius 3 is 2.67 bits per heavy atom. The second-order valence-electron chi connectivity index (χ2n) is 4.59. The van der Waals surface area contributed by atoms with E-state index in [9.17, 15) is 9.18 Å². The van der Waals surface area contributed by atoms with Crippen LogP contribution in [0.2, 0.25) is 0 Å². The number of hydrogen-bond donors (Lipinski definition) is 2. The molecule has 0 fully saturated rings. The van der Waals surface area contributed by atoms with Crippen LogP contribution in [0, 0.1) is 11.7 Å². The maximum Gasteiger partial charge on any atom is 0.260 e. The van der Waals surface area contributed by atoms with Crippen LogP contribution in [-0.4, -0.2) is 18.6 Å². The molecule has 0 aliphatic heterocycles. The van der Waals surface area contributed by atoms with Gasteiger partial charge in [-0.1, -0.05) is 13.8 Å². The van der Waals surface area contributed by atoms with Crippen LogP contribution < -0.4 is 15.8 Å². The summed E-state index contributed by atoms with van der Waals surface area (Å²) in [5.74, 6) is -0.454. The Kier molecular flexibility index (Phi) is 4.95. The molecule has 5 heteroatoms. The van der Waals surface area contributed by atoms with Crippen LogP contribution in [0.5, 0.6) is 5.75 Å². The molecule has 0 heterocycles. The molecule has 0 aliphatic rings. The van der Waals surface area contributed by atoms with Gasteiger partial charge < -0.3 is 15.8 Å². The van der Waals surface area contributed by atoms with E-state index >= 15 is 0 Å². The molecule has 0 bridgehead atoms. The van der Waals surface area contributed by atoms with Gasteiger partial charge in [0.05, 0.1) is 0 Å². The van der Waals surface area contributed by atoms with Crippen molar-refractivity contribution in [1.29, 1.82) is 0 Å². The Labute approximate surface area is 106 Å². The molecular weight excluding hydrogens is 235 g/mol. The molecule has 100 valence electrons. The summed E-state index contributed by atoms with van der Waals surface area (Å²) in [5, 5.41) is 2.72. The SMILES string of the molecule is CC(C)CNC(=O)C(C)Oc1ccc(N)cc1F. The highest BCUT2D eigenvalue weighted by molar-refractivity contribution is 5.80. The summed E-state index contributed by atoms with van der Waals surface area (Å²) in [6.07, 6.45) is -0.748. The van der Waals surface area contributed by atoms with Crippen LogP contribution in [0.1, 0.15) is 20.8 Å². The number of carbonyl (C=O) groups is 1. The predicted octanol–water partition coefficient (Wildman–Crippen LogP) is 1.95. The zero-order valence-electron chi connectivity index (χ0n) is 10.9. The molecule has 1 aromatic rings. The number of rotatable bonds is 5. The molecule has 18 heavy (non-hydrogen) atoms. The number of nitrogens with two attached hydrogens (primary N) is 1. The molecule has 4 nitrogen and oxygen atoms in total. The lowest BCUT2D eigenvalue weighted by atomic mass is 10.2. The Morgan fingerprint density at radius 2 is 2.11 bits per heavy atom. The summed E-state index contributed by atoms with van der Waals surface area (Å²) in [6.45, 7) is 6.12. The minimum atomic E-state index is -0.748. The van der Waals surface area contributed by atoms with Crippen LogP contribution in [0.25, 0.3) is 0 Å². The monoisotopic (exact) mass is 254 g/mol. The first-order valence-electron chi connectivity index (χ1n) is 5.89. The van der Waals surface area contributed by atoms with Crippen molar-refractivity contribution in [1.82, 2.24) is 5.32 Å². The van der Waals surface area contributed by atoms with Gasteiger partial charge in [-0.15, -0.1) is 0 Å². The molecule has 0 radical (unpaired) electrons. The van der Waals surface area contributed by atoms with Gasteiger partial charge in [0, 0.05) is 18.3 Å². The maximum absolute atomic E-state index is 13.5. The smallest absolute Gasteiger partial charge is 0.260 e. The highest BCUT2D eigenvalue weighted by Gasteiger charge is 2.16. The third-order valence-electron chi connectivity index (χ3n) is 2.31. The molecule has 1 aromatic carbocycles.